The molecule has 0 unspecified atom stereocenters. The van der Waals surface area contributed by atoms with Gasteiger partial charge >= 0.3 is 6.16 Å². The minimum absolute atomic E-state index is 0.300. The molecule has 0 fully saturated rings. The maximum atomic E-state index is 11.6. The second-order valence-corrected chi connectivity index (χ2v) is 5.34. The molecule has 6 heteroatoms. The fourth-order valence-electron chi connectivity index (χ4n) is 2.42. The summed E-state index contributed by atoms with van der Waals surface area (Å²) in [5, 5.41) is 1.38. The molecule has 2 rings (SSSR count). The number of carbonyl (C=O) groups is 1. The lowest BCUT2D eigenvalue weighted by Crippen LogP contribution is -2.09. The Morgan fingerprint density at radius 1 is 0.960 bits per heavy atom. The molecule has 0 aromatic heterocycles. The third kappa shape index (κ3) is 4.26. The number of benzene rings is 2. The molecule has 0 aliphatic carbocycles. The molecule has 6 nitrogen and oxygen atoms in total. The molecule has 136 valence electrons. The van der Waals surface area contributed by atoms with Crippen LogP contribution in [0.1, 0.15) is 26.7 Å². The monoisotopic (exact) mass is 348 g/mol. The number of carbonyl (C=O) groups excluding carboxylic acids is 1. The van der Waals surface area contributed by atoms with Gasteiger partial charge in [0.1, 0.15) is 11.5 Å². The van der Waals surface area contributed by atoms with Crippen molar-refractivity contribution >= 4 is 16.9 Å². The molecule has 2 aromatic rings. The average Bonchev–Trinajstić information content (AvgIpc) is 2.64. The first kappa shape index (κ1) is 18.7. The van der Waals surface area contributed by atoms with Crippen molar-refractivity contribution in [2.75, 3.05) is 27.4 Å². The van der Waals surface area contributed by atoms with E-state index in [2.05, 4.69) is 4.74 Å². The van der Waals surface area contributed by atoms with Crippen molar-refractivity contribution < 1.29 is 28.5 Å². The van der Waals surface area contributed by atoms with Gasteiger partial charge in [-0.05, 0) is 18.9 Å². The molecule has 0 heterocycles. The molecular weight excluding hydrogens is 324 g/mol. The Morgan fingerprint density at radius 3 is 2.32 bits per heavy atom. The Labute approximate surface area is 147 Å². The molecule has 2 aromatic carbocycles. The Hall–Kier alpha value is -2.63. The molecule has 0 aliphatic rings. The standard InChI is InChI=1S/C19H24O6/c1-5-10-23-16-12-15(25-19(20)22-4)17-13(18(16)24-11-6-2)8-7-9-14(17)21-3/h7-9,12H,5-6,10-11H2,1-4H3. The van der Waals surface area contributed by atoms with E-state index in [0.29, 0.717) is 41.6 Å². The van der Waals surface area contributed by atoms with Gasteiger partial charge in [0.05, 0.1) is 32.8 Å². The van der Waals surface area contributed by atoms with E-state index in [1.165, 1.54) is 7.11 Å². The maximum absolute atomic E-state index is 11.6. The molecule has 0 saturated carbocycles. The molecule has 0 radical (unpaired) electrons. The summed E-state index contributed by atoms with van der Waals surface area (Å²) in [6, 6.07) is 7.17. The van der Waals surface area contributed by atoms with Gasteiger partial charge in [0, 0.05) is 11.5 Å². The molecule has 0 atom stereocenters. The summed E-state index contributed by atoms with van der Waals surface area (Å²) >= 11 is 0. The zero-order valence-electron chi connectivity index (χ0n) is 15.1. The van der Waals surface area contributed by atoms with Crippen LogP contribution in [-0.2, 0) is 4.74 Å². The first-order chi connectivity index (χ1) is 12.2. The van der Waals surface area contributed by atoms with Crippen LogP contribution in [0.3, 0.4) is 0 Å². The zero-order valence-corrected chi connectivity index (χ0v) is 15.1. The van der Waals surface area contributed by atoms with E-state index in [-0.39, 0.29) is 0 Å². The van der Waals surface area contributed by atoms with E-state index >= 15 is 0 Å². The predicted octanol–water partition coefficient (Wildman–Crippen LogP) is 4.57. The van der Waals surface area contributed by atoms with E-state index in [0.717, 1.165) is 18.2 Å². The van der Waals surface area contributed by atoms with Gasteiger partial charge in [-0.3, -0.25) is 0 Å². The summed E-state index contributed by atoms with van der Waals surface area (Å²) in [5.74, 6) is 2.01. The van der Waals surface area contributed by atoms with E-state index < -0.39 is 6.16 Å². The van der Waals surface area contributed by atoms with Gasteiger partial charge in [0.25, 0.3) is 0 Å². The van der Waals surface area contributed by atoms with E-state index in [1.807, 2.05) is 26.0 Å². The van der Waals surface area contributed by atoms with Gasteiger partial charge in [0.15, 0.2) is 11.5 Å². The summed E-state index contributed by atoms with van der Waals surface area (Å²) < 4.78 is 27.1. The Kier molecular flexibility index (Phi) is 6.74. The summed E-state index contributed by atoms with van der Waals surface area (Å²) in [7, 11) is 2.82. The molecule has 0 spiro atoms. The molecule has 0 N–H and O–H groups in total. The Bertz CT molecular complexity index is 725. The first-order valence-corrected chi connectivity index (χ1v) is 8.31. The quantitative estimate of drug-likeness (QED) is 0.514. The summed E-state index contributed by atoms with van der Waals surface area (Å²) in [5.41, 5.74) is 0. The SMILES string of the molecule is CCCOc1cc(OC(=O)OC)c2c(OC)cccc2c1OCCC. The lowest BCUT2D eigenvalue weighted by Gasteiger charge is -2.18. The van der Waals surface area contributed by atoms with Gasteiger partial charge in [0.2, 0.25) is 0 Å². The Balaban J connectivity index is 2.69. The summed E-state index contributed by atoms with van der Waals surface area (Å²) in [6.07, 6.45) is 0.895. The number of hydrogen-bond donors (Lipinski definition) is 0. The van der Waals surface area contributed by atoms with Crippen molar-refractivity contribution in [2.24, 2.45) is 0 Å². The smallest absolute Gasteiger partial charge is 0.496 e. The lowest BCUT2D eigenvalue weighted by atomic mass is 10.1. The number of hydrogen-bond acceptors (Lipinski definition) is 6. The zero-order chi connectivity index (χ0) is 18.2. The van der Waals surface area contributed by atoms with Crippen LogP contribution < -0.4 is 18.9 Å². The van der Waals surface area contributed by atoms with Crippen LogP contribution in [0.15, 0.2) is 24.3 Å². The van der Waals surface area contributed by atoms with Crippen molar-refractivity contribution in [1.29, 1.82) is 0 Å². The van der Waals surface area contributed by atoms with Crippen molar-refractivity contribution in [1.82, 2.24) is 0 Å². The average molecular weight is 348 g/mol. The van der Waals surface area contributed by atoms with Crippen LogP contribution in [0.5, 0.6) is 23.0 Å². The third-order valence-corrected chi connectivity index (χ3v) is 3.50. The highest BCUT2D eigenvalue weighted by Gasteiger charge is 2.20. The van der Waals surface area contributed by atoms with Crippen molar-refractivity contribution in [3.63, 3.8) is 0 Å². The van der Waals surface area contributed by atoms with Gasteiger partial charge in [-0.1, -0.05) is 26.0 Å². The van der Waals surface area contributed by atoms with E-state index in [4.69, 9.17) is 18.9 Å². The second kappa shape index (κ2) is 9.01. The number of rotatable bonds is 8. The topological polar surface area (TPSA) is 63.2 Å². The van der Waals surface area contributed by atoms with Crippen LogP contribution in [0, 0.1) is 0 Å². The summed E-state index contributed by atoms with van der Waals surface area (Å²) in [6.45, 7) is 5.12. The van der Waals surface area contributed by atoms with Crippen LogP contribution in [-0.4, -0.2) is 33.6 Å². The van der Waals surface area contributed by atoms with Crippen LogP contribution in [0.2, 0.25) is 0 Å². The molecule has 0 saturated heterocycles. The third-order valence-electron chi connectivity index (χ3n) is 3.50. The van der Waals surface area contributed by atoms with Gasteiger partial charge in [-0.15, -0.1) is 0 Å². The largest absolute Gasteiger partial charge is 0.513 e. The van der Waals surface area contributed by atoms with Crippen molar-refractivity contribution in [3.05, 3.63) is 24.3 Å². The van der Waals surface area contributed by atoms with Crippen LogP contribution in [0.4, 0.5) is 4.79 Å². The van der Waals surface area contributed by atoms with Gasteiger partial charge < -0.3 is 23.7 Å². The second-order valence-electron chi connectivity index (χ2n) is 5.34. The molecule has 0 aliphatic heterocycles. The Morgan fingerprint density at radius 2 is 1.68 bits per heavy atom. The van der Waals surface area contributed by atoms with Crippen molar-refractivity contribution in [2.45, 2.75) is 26.7 Å². The minimum atomic E-state index is -0.809. The highest BCUT2D eigenvalue weighted by molar-refractivity contribution is 6.00. The van der Waals surface area contributed by atoms with Gasteiger partial charge in [-0.25, -0.2) is 4.79 Å². The molecule has 0 amide bonds. The minimum Gasteiger partial charge on any atom is -0.496 e. The van der Waals surface area contributed by atoms with Gasteiger partial charge in [-0.2, -0.15) is 0 Å². The highest BCUT2D eigenvalue weighted by atomic mass is 16.7. The fraction of sp³-hybridized carbons (Fsp3) is 0.421. The van der Waals surface area contributed by atoms with Crippen LogP contribution in [0.25, 0.3) is 10.8 Å². The molecule has 0 bridgehead atoms. The summed E-state index contributed by atoms with van der Waals surface area (Å²) in [4.78, 5) is 11.6. The number of ether oxygens (including phenoxy) is 5. The number of fused-ring (bicyclic) bond motifs is 1. The number of methoxy groups -OCH3 is 2. The normalized spacial score (nSPS) is 10.4. The molecular formula is C19H24O6. The highest BCUT2D eigenvalue weighted by Crippen LogP contribution is 2.45. The van der Waals surface area contributed by atoms with Crippen molar-refractivity contribution in [3.8, 4) is 23.0 Å². The van der Waals surface area contributed by atoms with E-state index in [1.54, 1.807) is 19.2 Å². The predicted molar refractivity (Wildman–Crippen MR) is 95.1 cm³/mol. The fourth-order valence-corrected chi connectivity index (χ4v) is 2.42. The van der Waals surface area contributed by atoms with Crippen LogP contribution >= 0.6 is 0 Å². The lowest BCUT2D eigenvalue weighted by molar-refractivity contribution is 0.122. The maximum Gasteiger partial charge on any atom is 0.513 e. The van der Waals surface area contributed by atoms with E-state index in [9.17, 15) is 4.79 Å². The first-order valence-electron chi connectivity index (χ1n) is 8.31. The molecule has 25 heavy (non-hydrogen) atoms.